The van der Waals surface area contributed by atoms with Gasteiger partial charge in [0.25, 0.3) is 0 Å². The maximum Gasteiger partial charge on any atom is 0.338 e. The van der Waals surface area contributed by atoms with E-state index in [-0.39, 0.29) is 5.97 Å². The lowest BCUT2D eigenvalue weighted by Gasteiger charge is -2.06. The minimum absolute atomic E-state index is 0.350. The fourth-order valence-electron chi connectivity index (χ4n) is 1.19. The zero-order chi connectivity index (χ0) is 12.5. The van der Waals surface area contributed by atoms with Gasteiger partial charge in [0.15, 0.2) is 0 Å². The summed E-state index contributed by atoms with van der Waals surface area (Å²) in [7, 11) is 1.36. The number of nitrogens with one attached hydrogen (secondary N) is 1. The summed E-state index contributed by atoms with van der Waals surface area (Å²) in [6, 6.07) is 3.31. The molecule has 0 atom stereocenters. The van der Waals surface area contributed by atoms with Crippen molar-refractivity contribution in [3.63, 3.8) is 0 Å². The number of esters is 1. The summed E-state index contributed by atoms with van der Waals surface area (Å²) in [6.07, 6.45) is 3.46. The molecule has 17 heavy (non-hydrogen) atoms. The summed E-state index contributed by atoms with van der Waals surface area (Å²) >= 11 is 1.79. The highest BCUT2D eigenvalue weighted by Gasteiger charge is 2.05. The number of carbonyl (C=O) groups excluding carboxylic acids is 1. The number of aromatic nitrogens is 1. The van der Waals surface area contributed by atoms with E-state index in [4.69, 9.17) is 0 Å². The van der Waals surface area contributed by atoms with E-state index in [2.05, 4.69) is 21.6 Å². The van der Waals surface area contributed by atoms with Crippen LogP contribution in [0, 0.1) is 0 Å². The zero-order valence-electron chi connectivity index (χ0n) is 9.81. The molecule has 1 N–H and O–H groups in total. The third-order valence-electron chi connectivity index (χ3n) is 1.97. The van der Waals surface area contributed by atoms with Crippen molar-refractivity contribution >= 4 is 23.5 Å². The van der Waals surface area contributed by atoms with Crippen molar-refractivity contribution in [1.29, 1.82) is 0 Å². The molecule has 0 bridgehead atoms. The first-order chi connectivity index (χ1) is 8.27. The highest BCUT2D eigenvalue weighted by molar-refractivity contribution is 7.99. The van der Waals surface area contributed by atoms with Crippen LogP contribution in [0.4, 0.5) is 5.82 Å². The Morgan fingerprint density at radius 1 is 1.71 bits per heavy atom. The molecule has 1 aromatic rings. The minimum Gasteiger partial charge on any atom is -0.465 e. The van der Waals surface area contributed by atoms with Gasteiger partial charge in [-0.05, 0) is 12.1 Å². The molecule has 0 amide bonds. The summed E-state index contributed by atoms with van der Waals surface area (Å²) in [4.78, 5) is 15.4. The Bertz CT molecular complexity index is 383. The smallest absolute Gasteiger partial charge is 0.338 e. The maximum atomic E-state index is 11.3. The average Bonchev–Trinajstić information content (AvgIpc) is 2.38. The van der Waals surface area contributed by atoms with Crippen molar-refractivity contribution in [2.24, 2.45) is 0 Å². The molecule has 0 radical (unpaired) electrons. The molecule has 1 heterocycles. The minimum atomic E-state index is -0.350. The fourth-order valence-corrected chi connectivity index (χ4v) is 1.77. The van der Waals surface area contributed by atoms with Gasteiger partial charge in [0.2, 0.25) is 0 Å². The zero-order valence-corrected chi connectivity index (χ0v) is 10.6. The maximum absolute atomic E-state index is 11.3. The lowest BCUT2D eigenvalue weighted by atomic mass is 10.2. The van der Waals surface area contributed by atoms with Crippen LogP contribution >= 0.6 is 11.8 Å². The van der Waals surface area contributed by atoms with Crippen LogP contribution in [0.3, 0.4) is 0 Å². The monoisotopic (exact) mass is 252 g/mol. The molecule has 0 saturated carbocycles. The molecule has 4 nitrogen and oxygen atoms in total. The molecule has 1 aromatic heterocycles. The lowest BCUT2D eigenvalue weighted by Crippen LogP contribution is -2.08. The lowest BCUT2D eigenvalue weighted by molar-refractivity contribution is 0.0600. The molecular weight excluding hydrogens is 236 g/mol. The van der Waals surface area contributed by atoms with Gasteiger partial charge in [0.05, 0.1) is 12.7 Å². The molecule has 5 heteroatoms. The second-order valence-electron chi connectivity index (χ2n) is 3.21. The van der Waals surface area contributed by atoms with Gasteiger partial charge in [-0.3, -0.25) is 0 Å². The molecule has 0 spiro atoms. The van der Waals surface area contributed by atoms with E-state index in [1.54, 1.807) is 30.1 Å². The van der Waals surface area contributed by atoms with Gasteiger partial charge >= 0.3 is 5.97 Å². The summed E-state index contributed by atoms with van der Waals surface area (Å²) in [5.41, 5.74) is 0.503. The van der Waals surface area contributed by atoms with Crippen LogP contribution in [-0.2, 0) is 4.74 Å². The Kier molecular flexibility index (Phi) is 6.17. The third kappa shape index (κ3) is 4.91. The van der Waals surface area contributed by atoms with E-state index in [0.717, 1.165) is 18.1 Å². The number of ether oxygens (including phenoxy) is 1. The van der Waals surface area contributed by atoms with Gasteiger partial charge in [0, 0.05) is 24.2 Å². The second kappa shape index (κ2) is 7.73. The summed E-state index contributed by atoms with van der Waals surface area (Å²) in [5.74, 6) is 2.25. The molecular formula is C12H16N2O2S. The number of methoxy groups -OCH3 is 1. The number of pyridine rings is 1. The van der Waals surface area contributed by atoms with E-state index in [9.17, 15) is 4.79 Å². The van der Waals surface area contributed by atoms with E-state index in [1.807, 2.05) is 6.08 Å². The molecule has 1 rings (SSSR count). The van der Waals surface area contributed by atoms with E-state index >= 15 is 0 Å². The Balaban J connectivity index is 2.43. The first-order valence-corrected chi connectivity index (χ1v) is 6.40. The second-order valence-corrected chi connectivity index (χ2v) is 4.36. The van der Waals surface area contributed by atoms with Crippen LogP contribution in [0.1, 0.15) is 10.4 Å². The largest absolute Gasteiger partial charge is 0.465 e. The average molecular weight is 252 g/mol. The van der Waals surface area contributed by atoms with E-state index in [1.165, 1.54) is 7.11 Å². The molecule has 0 aliphatic rings. The van der Waals surface area contributed by atoms with Crippen LogP contribution in [-0.4, -0.2) is 36.1 Å². The number of hydrogen-bond donors (Lipinski definition) is 1. The van der Waals surface area contributed by atoms with Crippen molar-refractivity contribution in [3.8, 4) is 0 Å². The predicted molar refractivity (Wildman–Crippen MR) is 71.6 cm³/mol. The molecule has 0 unspecified atom stereocenters. The number of nitrogens with zero attached hydrogens (tertiary/aromatic N) is 1. The Morgan fingerprint density at radius 2 is 2.53 bits per heavy atom. The molecule has 0 aromatic carbocycles. The molecule has 0 aliphatic carbocycles. The highest BCUT2D eigenvalue weighted by Crippen LogP contribution is 2.08. The SMILES string of the molecule is C=CCSCCNc1cc(C(=O)OC)ccn1. The van der Waals surface area contributed by atoms with Gasteiger partial charge in [-0.1, -0.05) is 6.08 Å². The molecule has 92 valence electrons. The number of hydrogen-bond acceptors (Lipinski definition) is 5. The van der Waals surface area contributed by atoms with Gasteiger partial charge in [0.1, 0.15) is 5.82 Å². The van der Waals surface area contributed by atoms with Gasteiger partial charge in [-0.25, -0.2) is 9.78 Å². The van der Waals surface area contributed by atoms with Crippen LogP contribution in [0.5, 0.6) is 0 Å². The van der Waals surface area contributed by atoms with Crippen LogP contribution in [0.15, 0.2) is 31.0 Å². The summed E-state index contributed by atoms with van der Waals surface area (Å²) in [5, 5.41) is 3.15. The van der Waals surface area contributed by atoms with Crippen LogP contribution < -0.4 is 5.32 Å². The molecule has 0 fully saturated rings. The quantitative estimate of drug-likeness (QED) is 0.458. The standard InChI is InChI=1S/C12H16N2O2S/c1-3-7-17-8-6-14-11-9-10(4-5-13-11)12(15)16-2/h3-5,9H,1,6-8H2,2H3,(H,13,14). The van der Waals surface area contributed by atoms with Gasteiger partial charge in [-0.15, -0.1) is 6.58 Å². The van der Waals surface area contributed by atoms with Crippen molar-refractivity contribution in [2.45, 2.75) is 0 Å². The van der Waals surface area contributed by atoms with Crippen molar-refractivity contribution in [2.75, 3.05) is 30.5 Å². The third-order valence-corrected chi connectivity index (χ3v) is 2.93. The summed E-state index contributed by atoms with van der Waals surface area (Å²) in [6.45, 7) is 4.45. The molecule has 0 saturated heterocycles. The Hall–Kier alpha value is -1.49. The van der Waals surface area contributed by atoms with Crippen LogP contribution in [0.25, 0.3) is 0 Å². The van der Waals surface area contributed by atoms with Gasteiger partial charge < -0.3 is 10.1 Å². The van der Waals surface area contributed by atoms with E-state index in [0.29, 0.717) is 11.4 Å². The van der Waals surface area contributed by atoms with Gasteiger partial charge in [-0.2, -0.15) is 11.8 Å². The predicted octanol–water partition coefficient (Wildman–Crippen LogP) is 2.20. The van der Waals surface area contributed by atoms with Crippen molar-refractivity contribution in [1.82, 2.24) is 4.98 Å². The summed E-state index contributed by atoms with van der Waals surface area (Å²) < 4.78 is 4.64. The first-order valence-electron chi connectivity index (χ1n) is 5.25. The van der Waals surface area contributed by atoms with Crippen molar-refractivity contribution < 1.29 is 9.53 Å². The number of rotatable bonds is 7. The van der Waals surface area contributed by atoms with Crippen molar-refractivity contribution in [3.05, 3.63) is 36.5 Å². The normalized spacial score (nSPS) is 9.71. The number of thioether (sulfide) groups is 1. The number of carbonyl (C=O) groups is 1. The molecule has 0 aliphatic heterocycles. The number of anilines is 1. The fraction of sp³-hybridized carbons (Fsp3) is 0.333. The first kappa shape index (κ1) is 13.6. The van der Waals surface area contributed by atoms with E-state index < -0.39 is 0 Å². The topological polar surface area (TPSA) is 51.2 Å². The highest BCUT2D eigenvalue weighted by atomic mass is 32.2. The Labute approximate surface area is 105 Å². The van der Waals surface area contributed by atoms with Crippen LogP contribution in [0.2, 0.25) is 0 Å². The Morgan fingerprint density at radius 3 is 3.24 bits per heavy atom.